The van der Waals surface area contributed by atoms with Crippen molar-refractivity contribution in [2.24, 2.45) is 0 Å². The van der Waals surface area contributed by atoms with E-state index in [-0.39, 0.29) is 51.1 Å². The van der Waals surface area contributed by atoms with Crippen LogP contribution in [0.25, 0.3) is 99.5 Å². The van der Waals surface area contributed by atoms with Gasteiger partial charge in [0.25, 0.3) is 0 Å². The molecule has 1 aromatic heterocycles. The normalized spacial score (nSPS) is 15.0. The Bertz CT molecular complexity index is 3530. The smallest absolute Gasteiger partial charge is 0.135 e. The lowest BCUT2D eigenvalue weighted by Crippen LogP contribution is -2.14. The predicted octanol–water partition coefficient (Wildman–Crippen LogP) is 15.4. The molecule has 264 valence electrons. The van der Waals surface area contributed by atoms with Crippen molar-refractivity contribution in [3.05, 3.63) is 205 Å². The predicted molar refractivity (Wildman–Crippen MR) is 236 cm³/mol. The fourth-order valence-corrected chi connectivity index (χ4v) is 8.82. The van der Waals surface area contributed by atoms with Crippen molar-refractivity contribution < 1.29 is 15.4 Å². The van der Waals surface area contributed by atoms with Crippen molar-refractivity contribution in [3.8, 4) is 67.0 Å². The standard InChI is InChI=1S/C55H38O/c1-55(2)49-24-11-10-18-42(49)43-31-30-39(33-50(43)55)52-34-48-41(23-13-25-51(48)56-52)38-16-12-17-40(32-38)54-46-21-8-6-19-44(46)53(45-20-7-9-22-47(45)54)37-28-26-36(27-29-37)35-14-4-3-5-15-35/h3-34H,1-2H3/i6D,7D,8D,9D,19D,20D,21D,22D. The summed E-state index contributed by atoms with van der Waals surface area (Å²) >= 11 is 0. The van der Waals surface area contributed by atoms with E-state index >= 15 is 0 Å². The van der Waals surface area contributed by atoms with Crippen LogP contribution >= 0.6 is 0 Å². The maximum absolute atomic E-state index is 9.44. The van der Waals surface area contributed by atoms with Crippen molar-refractivity contribution in [2.75, 3.05) is 0 Å². The minimum Gasteiger partial charge on any atom is -0.456 e. The van der Waals surface area contributed by atoms with Crippen LogP contribution in [0, 0.1) is 0 Å². The first-order valence-corrected chi connectivity index (χ1v) is 18.8. The summed E-state index contributed by atoms with van der Waals surface area (Å²) in [4.78, 5) is 0. The van der Waals surface area contributed by atoms with E-state index in [2.05, 4.69) is 62.4 Å². The molecule has 0 bridgehead atoms. The van der Waals surface area contributed by atoms with Crippen LogP contribution in [0.15, 0.2) is 198 Å². The molecule has 9 aromatic carbocycles. The van der Waals surface area contributed by atoms with Gasteiger partial charge in [-0.1, -0.05) is 184 Å². The lowest BCUT2D eigenvalue weighted by molar-refractivity contribution is 0.630. The third-order valence-corrected chi connectivity index (χ3v) is 11.5. The highest BCUT2D eigenvalue weighted by Gasteiger charge is 2.35. The van der Waals surface area contributed by atoms with Crippen LogP contribution in [-0.2, 0) is 5.41 Å². The van der Waals surface area contributed by atoms with Gasteiger partial charge in [-0.05, 0) is 113 Å². The first-order valence-electron chi connectivity index (χ1n) is 22.8. The van der Waals surface area contributed by atoms with Gasteiger partial charge in [0.05, 0.1) is 11.0 Å². The zero-order valence-corrected chi connectivity index (χ0v) is 30.8. The van der Waals surface area contributed by atoms with Crippen LogP contribution in [-0.4, -0.2) is 0 Å². The molecule has 1 aliphatic rings. The fourth-order valence-electron chi connectivity index (χ4n) is 8.82. The van der Waals surface area contributed by atoms with E-state index in [4.69, 9.17) is 9.90 Å². The number of fused-ring (bicyclic) bond motifs is 6. The van der Waals surface area contributed by atoms with Gasteiger partial charge in [0.15, 0.2) is 0 Å². The van der Waals surface area contributed by atoms with Gasteiger partial charge >= 0.3 is 0 Å². The Morgan fingerprint density at radius 1 is 0.393 bits per heavy atom. The van der Waals surface area contributed by atoms with Crippen molar-refractivity contribution in [2.45, 2.75) is 19.3 Å². The monoisotopic (exact) mass is 722 g/mol. The Kier molecular flexibility index (Phi) is 5.64. The Morgan fingerprint density at radius 2 is 0.929 bits per heavy atom. The summed E-state index contributed by atoms with van der Waals surface area (Å²) in [5.74, 6) is 0.726. The van der Waals surface area contributed by atoms with E-state index < -0.39 is 24.2 Å². The lowest BCUT2D eigenvalue weighted by Gasteiger charge is -2.21. The molecule has 1 aliphatic carbocycles. The van der Waals surface area contributed by atoms with Gasteiger partial charge in [-0.3, -0.25) is 0 Å². The maximum Gasteiger partial charge on any atom is 0.135 e. The van der Waals surface area contributed by atoms with Crippen LogP contribution in [0.5, 0.6) is 0 Å². The minimum absolute atomic E-state index is 0.174. The molecule has 11 rings (SSSR count). The van der Waals surface area contributed by atoms with Crippen molar-refractivity contribution in [3.63, 3.8) is 0 Å². The van der Waals surface area contributed by atoms with Crippen LogP contribution in [0.3, 0.4) is 0 Å². The highest BCUT2D eigenvalue weighted by Crippen LogP contribution is 2.50. The summed E-state index contributed by atoms with van der Waals surface area (Å²) in [5.41, 5.74) is 11.8. The molecular weight excluding hydrogens is 677 g/mol. The molecule has 56 heavy (non-hydrogen) atoms. The molecule has 0 spiro atoms. The van der Waals surface area contributed by atoms with Crippen molar-refractivity contribution >= 4 is 32.5 Å². The van der Waals surface area contributed by atoms with E-state index in [0.29, 0.717) is 27.8 Å². The molecule has 0 aliphatic heterocycles. The van der Waals surface area contributed by atoms with E-state index in [1.54, 1.807) is 0 Å². The molecule has 1 nitrogen and oxygen atoms in total. The summed E-state index contributed by atoms with van der Waals surface area (Å²) in [7, 11) is 0. The van der Waals surface area contributed by atoms with Crippen LogP contribution in [0.4, 0.5) is 0 Å². The van der Waals surface area contributed by atoms with Gasteiger partial charge in [-0.25, -0.2) is 0 Å². The van der Waals surface area contributed by atoms with Gasteiger partial charge in [0.1, 0.15) is 11.3 Å². The molecule has 0 N–H and O–H groups in total. The SMILES string of the molecule is [2H]c1c([2H])c([2H])c2c(-c3cccc(-c4cccc5oc(-c6ccc7c(c6)C(C)(C)c6ccccc6-7)cc45)c3)c3c([2H])c([2H])c([2H])c([2H])c3c(-c3ccc(-c4ccccc4)cc3)c2c1[2H]. The zero-order valence-electron chi connectivity index (χ0n) is 38.8. The number of rotatable bonds is 5. The molecule has 0 atom stereocenters. The van der Waals surface area contributed by atoms with Gasteiger partial charge in [0, 0.05) is 16.4 Å². The largest absolute Gasteiger partial charge is 0.456 e. The number of furan rings is 1. The Hall–Kier alpha value is -6.96. The Morgan fingerprint density at radius 3 is 1.66 bits per heavy atom. The number of hydrogen-bond acceptors (Lipinski definition) is 1. The van der Waals surface area contributed by atoms with Gasteiger partial charge in [-0.2, -0.15) is 0 Å². The summed E-state index contributed by atoms with van der Waals surface area (Å²) in [6, 6.07) is 45.1. The van der Waals surface area contributed by atoms with Gasteiger partial charge in [0.2, 0.25) is 0 Å². The summed E-state index contributed by atoms with van der Waals surface area (Å²) in [5, 5.41) is 1.59. The quantitative estimate of drug-likeness (QED) is 0.161. The second kappa shape index (κ2) is 12.5. The molecule has 1 heterocycles. The van der Waals surface area contributed by atoms with E-state index in [1.165, 1.54) is 22.3 Å². The molecule has 0 unspecified atom stereocenters. The van der Waals surface area contributed by atoms with Crippen molar-refractivity contribution in [1.82, 2.24) is 0 Å². The maximum atomic E-state index is 9.44. The first-order chi connectivity index (χ1) is 30.8. The fraction of sp³-hybridized carbons (Fsp3) is 0.0545. The highest BCUT2D eigenvalue weighted by atomic mass is 16.3. The third-order valence-electron chi connectivity index (χ3n) is 11.5. The average Bonchev–Trinajstić information content (AvgIpc) is 3.87. The molecule has 0 fully saturated rings. The number of benzene rings is 9. The molecule has 0 saturated carbocycles. The second-order valence-corrected chi connectivity index (χ2v) is 15.0. The Balaban J connectivity index is 1.13. The van der Waals surface area contributed by atoms with Crippen LogP contribution in [0.1, 0.15) is 35.9 Å². The number of hydrogen-bond donors (Lipinski definition) is 0. The van der Waals surface area contributed by atoms with Gasteiger partial charge < -0.3 is 4.42 Å². The zero-order chi connectivity index (χ0) is 44.3. The van der Waals surface area contributed by atoms with Crippen LogP contribution in [0.2, 0.25) is 0 Å². The first kappa shape index (κ1) is 25.2. The average molecular weight is 723 g/mol. The lowest BCUT2D eigenvalue weighted by atomic mass is 9.82. The molecule has 0 radical (unpaired) electrons. The molecule has 1 heteroatoms. The van der Waals surface area contributed by atoms with E-state index in [0.717, 1.165) is 39.0 Å². The highest BCUT2D eigenvalue weighted by molar-refractivity contribution is 6.21. The Labute approximate surface area is 338 Å². The summed E-state index contributed by atoms with van der Waals surface area (Å²) < 4.78 is 79.7. The molecule has 10 aromatic rings. The topological polar surface area (TPSA) is 13.1 Å². The third kappa shape index (κ3) is 5.01. The molecule has 0 saturated heterocycles. The van der Waals surface area contributed by atoms with E-state index in [9.17, 15) is 5.48 Å². The summed E-state index contributed by atoms with van der Waals surface area (Å²) in [6.45, 7) is 4.51. The van der Waals surface area contributed by atoms with E-state index in [1.807, 2.05) is 97.1 Å². The molecule has 0 amide bonds. The van der Waals surface area contributed by atoms with Crippen LogP contribution < -0.4 is 0 Å². The van der Waals surface area contributed by atoms with Crippen molar-refractivity contribution in [1.29, 1.82) is 0 Å². The molecular formula is C55H38O. The van der Waals surface area contributed by atoms with Gasteiger partial charge in [-0.15, -0.1) is 0 Å². The second-order valence-electron chi connectivity index (χ2n) is 15.0. The minimum atomic E-state index is -0.435. The summed E-state index contributed by atoms with van der Waals surface area (Å²) in [6.07, 6.45) is 0.